The van der Waals surface area contributed by atoms with Crippen LogP contribution >= 0.6 is 0 Å². The molecule has 0 saturated heterocycles. The fourth-order valence-corrected chi connectivity index (χ4v) is 8.98. The molecule has 1 N–H and O–H groups in total. The molecular formula is C29H38N2O3. The van der Waals surface area contributed by atoms with E-state index in [9.17, 15) is 19.6 Å². The van der Waals surface area contributed by atoms with Crippen molar-refractivity contribution >= 4 is 17.5 Å². The average molecular weight is 463 g/mol. The van der Waals surface area contributed by atoms with Crippen LogP contribution in [0.3, 0.4) is 0 Å². The highest BCUT2D eigenvalue weighted by Gasteiger charge is 2.63. The molecule has 5 nitrogen and oxygen atoms in total. The second-order valence-electron chi connectivity index (χ2n) is 13.2. The van der Waals surface area contributed by atoms with E-state index in [2.05, 4.69) is 39.1 Å². The van der Waals surface area contributed by atoms with E-state index in [0.29, 0.717) is 6.42 Å². The van der Waals surface area contributed by atoms with Gasteiger partial charge in [0.2, 0.25) is 5.91 Å². The Morgan fingerprint density at radius 3 is 2.47 bits per heavy atom. The topological polar surface area (TPSA) is 87.0 Å². The Balaban J connectivity index is 1.62. The third-order valence-electron chi connectivity index (χ3n) is 10.7. The number of amides is 1. The molecule has 0 radical (unpaired) electrons. The van der Waals surface area contributed by atoms with Crippen LogP contribution in [0, 0.1) is 51.2 Å². The van der Waals surface area contributed by atoms with Gasteiger partial charge in [0.05, 0.1) is 5.57 Å². The lowest BCUT2D eigenvalue weighted by Crippen LogP contribution is -2.66. The minimum atomic E-state index is -0.426. The molecule has 5 heteroatoms. The quantitative estimate of drug-likeness (QED) is 0.589. The molecule has 7 unspecified atom stereocenters. The van der Waals surface area contributed by atoms with Crippen LogP contribution < -0.4 is 5.32 Å². The number of hydrogen-bond donors (Lipinski definition) is 1. The Labute approximate surface area is 203 Å². The molecule has 7 atom stereocenters. The minimum Gasteiger partial charge on any atom is -0.351 e. The first-order valence-corrected chi connectivity index (χ1v) is 13.1. The van der Waals surface area contributed by atoms with Gasteiger partial charge in [0.1, 0.15) is 6.07 Å². The van der Waals surface area contributed by atoms with Crippen LogP contribution in [0.5, 0.6) is 0 Å². The van der Waals surface area contributed by atoms with Crippen LogP contribution in [0.1, 0.15) is 86.0 Å². The van der Waals surface area contributed by atoms with Crippen LogP contribution in [0.15, 0.2) is 23.3 Å². The number of carbonyl (C=O) groups is 3. The second kappa shape index (κ2) is 7.39. The summed E-state index contributed by atoms with van der Waals surface area (Å²) in [6.07, 6.45) is 10.9. The number of Topliss-reactive ketones (excluding diaryl/α,β-unsaturated/α-hetero) is 1. The molecule has 0 aromatic carbocycles. The lowest BCUT2D eigenvalue weighted by atomic mass is 9.41. The van der Waals surface area contributed by atoms with E-state index in [-0.39, 0.29) is 63.1 Å². The molecule has 0 aromatic heterocycles. The molecule has 0 aliphatic heterocycles. The third kappa shape index (κ3) is 3.20. The van der Waals surface area contributed by atoms with Crippen molar-refractivity contribution in [3.8, 4) is 6.07 Å². The molecule has 1 amide bonds. The highest BCUT2D eigenvalue weighted by molar-refractivity contribution is 6.01. The molecule has 34 heavy (non-hydrogen) atoms. The number of allylic oxidation sites excluding steroid dienone is 4. The molecule has 5 aliphatic carbocycles. The average Bonchev–Trinajstić information content (AvgIpc) is 2.75. The van der Waals surface area contributed by atoms with Gasteiger partial charge in [0.15, 0.2) is 11.6 Å². The van der Waals surface area contributed by atoms with Crippen LogP contribution in [0.2, 0.25) is 0 Å². The monoisotopic (exact) mass is 462 g/mol. The molecule has 3 fully saturated rings. The Morgan fingerprint density at radius 1 is 1.06 bits per heavy atom. The van der Waals surface area contributed by atoms with Gasteiger partial charge in [-0.05, 0) is 79.6 Å². The largest absolute Gasteiger partial charge is 0.351 e. The zero-order valence-corrected chi connectivity index (χ0v) is 21.3. The molecule has 182 valence electrons. The Hall–Kier alpha value is -2.22. The van der Waals surface area contributed by atoms with Crippen LogP contribution in [0.25, 0.3) is 0 Å². The third-order valence-corrected chi connectivity index (χ3v) is 10.7. The van der Waals surface area contributed by atoms with Crippen molar-refractivity contribution in [3.05, 3.63) is 23.3 Å². The fourth-order valence-electron chi connectivity index (χ4n) is 8.98. The number of nitrogens with one attached hydrogen (secondary N) is 1. The van der Waals surface area contributed by atoms with Crippen molar-refractivity contribution in [2.45, 2.75) is 91.5 Å². The summed E-state index contributed by atoms with van der Waals surface area (Å²) in [6.45, 7) is 10.7. The Bertz CT molecular complexity index is 1080. The number of rotatable bonds is 1. The summed E-state index contributed by atoms with van der Waals surface area (Å²) in [5.74, 6) is 0.578. The molecule has 0 bridgehead atoms. The summed E-state index contributed by atoms with van der Waals surface area (Å²) in [5, 5.41) is 12.9. The number of hydrogen-bond acceptors (Lipinski definition) is 4. The van der Waals surface area contributed by atoms with E-state index in [4.69, 9.17) is 0 Å². The minimum absolute atomic E-state index is 0.00270. The summed E-state index contributed by atoms with van der Waals surface area (Å²) in [5.41, 5.74) is 0.699. The zero-order valence-electron chi connectivity index (χ0n) is 21.3. The van der Waals surface area contributed by atoms with Crippen molar-refractivity contribution in [2.75, 3.05) is 0 Å². The van der Waals surface area contributed by atoms with Gasteiger partial charge in [-0.15, -0.1) is 0 Å². The van der Waals surface area contributed by atoms with Gasteiger partial charge in [-0.25, -0.2) is 0 Å². The first kappa shape index (κ1) is 23.5. The molecule has 5 rings (SSSR count). The van der Waals surface area contributed by atoms with E-state index >= 15 is 0 Å². The number of fused-ring (bicyclic) bond motifs is 7. The van der Waals surface area contributed by atoms with Gasteiger partial charge in [0, 0.05) is 30.2 Å². The summed E-state index contributed by atoms with van der Waals surface area (Å²) in [6, 6.07) is 2.12. The van der Waals surface area contributed by atoms with Crippen molar-refractivity contribution in [3.63, 3.8) is 0 Å². The van der Waals surface area contributed by atoms with Gasteiger partial charge >= 0.3 is 0 Å². The maximum atomic E-state index is 14.0. The molecular weight excluding hydrogens is 424 g/mol. The Kier molecular flexibility index (Phi) is 5.11. The van der Waals surface area contributed by atoms with Crippen LogP contribution in [-0.4, -0.2) is 23.0 Å². The normalized spacial score (nSPS) is 44.8. The predicted octanol–water partition coefficient (Wildman–Crippen LogP) is 5.07. The highest BCUT2D eigenvalue weighted by atomic mass is 16.1. The number of ketones is 2. The van der Waals surface area contributed by atoms with Gasteiger partial charge in [-0.2, -0.15) is 5.26 Å². The Morgan fingerprint density at radius 2 is 1.79 bits per heavy atom. The van der Waals surface area contributed by atoms with E-state index in [0.717, 1.165) is 50.5 Å². The van der Waals surface area contributed by atoms with Gasteiger partial charge < -0.3 is 5.32 Å². The van der Waals surface area contributed by atoms with E-state index in [1.165, 1.54) is 0 Å². The second-order valence-corrected chi connectivity index (χ2v) is 13.2. The van der Waals surface area contributed by atoms with Crippen molar-refractivity contribution in [1.82, 2.24) is 5.32 Å². The smallest absolute Gasteiger partial charge is 0.217 e. The van der Waals surface area contributed by atoms with Crippen LogP contribution in [-0.2, 0) is 14.4 Å². The van der Waals surface area contributed by atoms with E-state index in [1.54, 1.807) is 6.92 Å². The fraction of sp³-hybridized carbons (Fsp3) is 0.724. The van der Waals surface area contributed by atoms with Gasteiger partial charge in [-0.3, -0.25) is 14.4 Å². The molecule has 3 saturated carbocycles. The zero-order chi connectivity index (χ0) is 24.7. The number of carbonyl (C=O) groups excluding carboxylic acids is 3. The lowest BCUT2D eigenvalue weighted by Gasteiger charge is -2.64. The van der Waals surface area contributed by atoms with Crippen molar-refractivity contribution < 1.29 is 14.4 Å². The predicted molar refractivity (Wildman–Crippen MR) is 129 cm³/mol. The maximum Gasteiger partial charge on any atom is 0.217 e. The van der Waals surface area contributed by atoms with Gasteiger partial charge in [0.25, 0.3) is 0 Å². The SMILES string of the molecule is CC(=O)NC12CCC3C(C(=O)C=C4C5(C)C=C(C#N)C(=O)CC5CCC43C)C1CC(C)(C)CC2. The first-order chi connectivity index (χ1) is 15.9. The molecule has 5 aliphatic rings. The summed E-state index contributed by atoms with van der Waals surface area (Å²) in [4.78, 5) is 38.8. The summed E-state index contributed by atoms with van der Waals surface area (Å²) < 4.78 is 0. The van der Waals surface area contributed by atoms with Crippen LogP contribution in [0.4, 0.5) is 0 Å². The lowest BCUT2D eigenvalue weighted by molar-refractivity contribution is -0.143. The molecule has 0 heterocycles. The molecule has 0 aromatic rings. The van der Waals surface area contributed by atoms with E-state index < -0.39 is 5.41 Å². The summed E-state index contributed by atoms with van der Waals surface area (Å²) >= 11 is 0. The van der Waals surface area contributed by atoms with Gasteiger partial charge in [-0.1, -0.05) is 39.3 Å². The number of nitrogens with zero attached hydrogens (tertiary/aromatic N) is 1. The highest BCUT2D eigenvalue weighted by Crippen LogP contribution is 2.67. The van der Waals surface area contributed by atoms with Crippen molar-refractivity contribution in [1.29, 1.82) is 5.26 Å². The molecule has 0 spiro atoms. The summed E-state index contributed by atoms with van der Waals surface area (Å²) in [7, 11) is 0. The standard InChI is InChI=1S/C29H38N2O3/c1-17(32)31-29-9-7-20-25(21(29)15-26(2,3)10-11-29)23(34)13-24-27(20,4)8-6-19-12-22(33)18(16-30)14-28(19,24)5/h13-14,19-21,25H,6-12,15H2,1-5H3,(H,31,32). The first-order valence-electron chi connectivity index (χ1n) is 13.1. The number of nitriles is 1. The van der Waals surface area contributed by atoms with Crippen molar-refractivity contribution in [2.24, 2.45) is 39.9 Å². The van der Waals surface area contributed by atoms with E-state index in [1.807, 2.05) is 12.2 Å². The maximum absolute atomic E-state index is 14.0.